The first-order chi connectivity index (χ1) is 24.8. The number of fused-ring (bicyclic) bond motifs is 2. The predicted octanol–water partition coefficient (Wildman–Crippen LogP) is 12.5. The number of ether oxygens (including phenoxy) is 1. The second-order valence-corrected chi connectivity index (χ2v) is 11.6. The molecule has 0 aliphatic carbocycles. The summed E-state index contributed by atoms with van der Waals surface area (Å²) in [6.45, 7) is 0. The van der Waals surface area contributed by atoms with Crippen LogP contribution in [-0.4, -0.2) is 0 Å². The third-order valence-corrected chi connectivity index (χ3v) is 9.18. The maximum absolute atomic E-state index is 8.89. The molecule has 1 aliphatic rings. The number of rotatable bonds is 3. The molecule has 1 heteroatoms. The van der Waals surface area contributed by atoms with Gasteiger partial charge in [0.25, 0.3) is 0 Å². The summed E-state index contributed by atoms with van der Waals surface area (Å²) in [4.78, 5) is 0. The first-order valence-electron chi connectivity index (χ1n) is 18.0. The molecule has 9 aromatic carbocycles. The van der Waals surface area contributed by atoms with Crippen LogP contribution >= 0.6 is 0 Å². The van der Waals surface area contributed by atoms with Gasteiger partial charge in [0.05, 0.1) is 8.22 Å². The molecule has 0 atom stereocenters. The van der Waals surface area contributed by atoms with Gasteiger partial charge in [0.1, 0.15) is 11.5 Å². The minimum Gasteiger partial charge on any atom is -0.456 e. The lowest BCUT2D eigenvalue weighted by Crippen LogP contribution is -1.97. The standard InChI is InChI=1S/C44H26O/c1-2-7-27(8-3-1)34-20-15-29-18-23-38-35(21-16-30-17-22-37(34)43(29)44(30)38)33-12-4-11-31(25-33)32-19-24-40-39(26-32)36-13-5-9-28-10-6-14-41(45-40)42(28)36/h1-26H/i5D,6D,9D,10D,13D,14D. The van der Waals surface area contributed by atoms with Gasteiger partial charge in [0.2, 0.25) is 0 Å². The number of benzene rings is 9. The molecule has 0 fully saturated rings. The Hall–Kier alpha value is -5.92. The highest BCUT2D eigenvalue weighted by atomic mass is 16.5. The van der Waals surface area contributed by atoms with Crippen LogP contribution in [0.15, 0.2) is 158 Å². The molecule has 0 aromatic heterocycles. The Bertz CT molecular complexity index is 2940. The fraction of sp³-hybridized carbons (Fsp3) is 0. The average Bonchev–Trinajstić information content (AvgIpc) is 3.17. The average molecular weight is 577 g/mol. The first-order valence-corrected chi connectivity index (χ1v) is 15.0. The van der Waals surface area contributed by atoms with Gasteiger partial charge in [-0.15, -0.1) is 0 Å². The topological polar surface area (TPSA) is 9.23 Å². The first kappa shape index (κ1) is 19.4. The number of hydrogen-bond acceptors (Lipinski definition) is 1. The van der Waals surface area contributed by atoms with E-state index in [2.05, 4.69) is 84.9 Å². The minimum absolute atomic E-state index is 0.0511. The van der Waals surface area contributed by atoms with Crippen LogP contribution in [0, 0.1) is 0 Å². The zero-order valence-corrected chi connectivity index (χ0v) is 24.0. The van der Waals surface area contributed by atoms with E-state index in [4.69, 9.17) is 13.0 Å². The highest BCUT2D eigenvalue weighted by Crippen LogP contribution is 2.48. The normalized spacial score (nSPS) is 14.0. The van der Waals surface area contributed by atoms with E-state index in [1.807, 2.05) is 30.3 Å². The molecule has 1 heterocycles. The summed E-state index contributed by atoms with van der Waals surface area (Å²) in [6, 6.07) is 40.5. The smallest absolute Gasteiger partial charge is 0.135 e. The summed E-state index contributed by atoms with van der Waals surface area (Å²) in [5.41, 5.74) is 7.32. The van der Waals surface area contributed by atoms with Crippen molar-refractivity contribution >= 4 is 43.1 Å². The molecule has 208 valence electrons. The molecule has 0 unspecified atom stereocenters. The van der Waals surface area contributed by atoms with Crippen molar-refractivity contribution in [1.29, 1.82) is 0 Å². The van der Waals surface area contributed by atoms with Gasteiger partial charge in [-0.05, 0) is 101 Å². The Morgan fingerprint density at radius 3 is 1.80 bits per heavy atom. The highest BCUT2D eigenvalue weighted by Gasteiger charge is 2.21. The summed E-state index contributed by atoms with van der Waals surface area (Å²) in [6.07, 6.45) is 0. The molecule has 0 saturated heterocycles. The van der Waals surface area contributed by atoms with Crippen LogP contribution in [0.4, 0.5) is 0 Å². The van der Waals surface area contributed by atoms with Gasteiger partial charge < -0.3 is 4.74 Å². The summed E-state index contributed by atoms with van der Waals surface area (Å²) in [7, 11) is 0. The van der Waals surface area contributed by atoms with Crippen LogP contribution in [0.1, 0.15) is 8.22 Å². The van der Waals surface area contributed by atoms with E-state index in [0.29, 0.717) is 16.9 Å². The second-order valence-electron chi connectivity index (χ2n) is 11.6. The summed E-state index contributed by atoms with van der Waals surface area (Å²) >= 11 is 0. The van der Waals surface area contributed by atoms with Gasteiger partial charge in [0, 0.05) is 10.9 Å². The van der Waals surface area contributed by atoms with E-state index < -0.39 is 0 Å². The van der Waals surface area contributed by atoms with E-state index >= 15 is 0 Å². The van der Waals surface area contributed by atoms with Crippen molar-refractivity contribution in [2.45, 2.75) is 0 Å². The lowest BCUT2D eigenvalue weighted by molar-refractivity contribution is 0.487. The van der Waals surface area contributed by atoms with Crippen molar-refractivity contribution in [3.8, 4) is 56.0 Å². The Kier molecular flexibility index (Phi) is 4.00. The zero-order valence-electron chi connectivity index (χ0n) is 30.0. The fourth-order valence-corrected chi connectivity index (χ4v) is 7.11. The third-order valence-electron chi connectivity index (χ3n) is 9.18. The number of hydrogen-bond donors (Lipinski definition) is 0. The van der Waals surface area contributed by atoms with Gasteiger partial charge in [-0.25, -0.2) is 0 Å². The molecule has 10 rings (SSSR count). The highest BCUT2D eigenvalue weighted by molar-refractivity contribution is 6.27. The van der Waals surface area contributed by atoms with Crippen molar-refractivity contribution in [3.63, 3.8) is 0 Å². The van der Waals surface area contributed by atoms with Crippen molar-refractivity contribution in [2.75, 3.05) is 0 Å². The lowest BCUT2D eigenvalue weighted by atomic mass is 9.87. The van der Waals surface area contributed by atoms with Crippen LogP contribution in [-0.2, 0) is 0 Å². The van der Waals surface area contributed by atoms with E-state index in [0.717, 1.165) is 22.3 Å². The van der Waals surface area contributed by atoms with Crippen molar-refractivity contribution < 1.29 is 13.0 Å². The lowest BCUT2D eigenvalue weighted by Gasteiger charge is -2.22. The molecule has 45 heavy (non-hydrogen) atoms. The fourth-order valence-electron chi connectivity index (χ4n) is 7.11. The Balaban J connectivity index is 1.15. The van der Waals surface area contributed by atoms with Crippen LogP contribution in [0.5, 0.6) is 11.5 Å². The Labute approximate surface area is 269 Å². The van der Waals surface area contributed by atoms with Crippen molar-refractivity contribution in [2.24, 2.45) is 0 Å². The maximum Gasteiger partial charge on any atom is 0.135 e. The second kappa shape index (κ2) is 9.29. The summed E-state index contributed by atoms with van der Waals surface area (Å²) in [5, 5.41) is 7.63. The van der Waals surface area contributed by atoms with Gasteiger partial charge in [0.15, 0.2) is 0 Å². The molecule has 1 nitrogen and oxygen atoms in total. The van der Waals surface area contributed by atoms with Gasteiger partial charge >= 0.3 is 0 Å². The van der Waals surface area contributed by atoms with Crippen LogP contribution in [0.25, 0.3) is 87.6 Å². The Morgan fingerprint density at radius 2 is 1.02 bits per heavy atom. The molecule has 0 bridgehead atoms. The molecule has 0 N–H and O–H groups in total. The van der Waals surface area contributed by atoms with E-state index in [1.54, 1.807) is 6.07 Å². The van der Waals surface area contributed by atoms with Gasteiger partial charge in [-0.1, -0.05) is 133 Å². The predicted molar refractivity (Wildman–Crippen MR) is 189 cm³/mol. The largest absolute Gasteiger partial charge is 0.456 e. The van der Waals surface area contributed by atoms with Crippen molar-refractivity contribution in [1.82, 2.24) is 0 Å². The molecular weight excluding hydrogens is 544 g/mol. The molecule has 0 amide bonds. The summed E-state index contributed by atoms with van der Waals surface area (Å²) in [5.74, 6) is 0.455. The molecule has 0 saturated carbocycles. The molecule has 0 spiro atoms. The molecule has 1 aliphatic heterocycles. The van der Waals surface area contributed by atoms with E-state index in [-0.39, 0.29) is 52.8 Å². The van der Waals surface area contributed by atoms with E-state index in [1.165, 1.54) is 43.4 Å². The summed E-state index contributed by atoms with van der Waals surface area (Å²) < 4.78 is 57.6. The van der Waals surface area contributed by atoms with Gasteiger partial charge in [-0.2, -0.15) is 0 Å². The quantitative estimate of drug-likeness (QED) is 0.190. The molecule has 0 radical (unpaired) electrons. The Morgan fingerprint density at radius 1 is 0.378 bits per heavy atom. The van der Waals surface area contributed by atoms with E-state index in [9.17, 15) is 0 Å². The third kappa shape index (κ3) is 3.62. The molecule has 9 aromatic rings. The maximum atomic E-state index is 8.89. The monoisotopic (exact) mass is 576 g/mol. The van der Waals surface area contributed by atoms with Gasteiger partial charge in [-0.3, -0.25) is 0 Å². The van der Waals surface area contributed by atoms with Crippen molar-refractivity contribution in [3.05, 3.63) is 158 Å². The SMILES string of the molecule is [2H]c1c([2H])c2c3c(c([2H])c([2H])c([2H])c3c1[2H])-c1cc(-c3cccc(-c4ccc5ccc6c(-c7ccccc7)ccc7ccc4c5c76)c3)ccc1O2. The molecular formula is C44H26O. The van der Waals surface area contributed by atoms with Crippen LogP contribution < -0.4 is 4.74 Å². The minimum atomic E-state index is -0.366. The zero-order chi connectivity index (χ0) is 34.7. The van der Waals surface area contributed by atoms with Crippen LogP contribution in [0.3, 0.4) is 0 Å². The van der Waals surface area contributed by atoms with Crippen LogP contribution in [0.2, 0.25) is 0 Å².